The Labute approximate surface area is 225 Å². The first-order valence-corrected chi connectivity index (χ1v) is 12.3. The van der Waals surface area contributed by atoms with Gasteiger partial charge in [0.15, 0.2) is 0 Å². The molecule has 1 saturated heterocycles. The number of aromatic nitrogens is 4. The van der Waals surface area contributed by atoms with E-state index in [9.17, 15) is 14.4 Å². The molecule has 1 fully saturated rings. The van der Waals surface area contributed by atoms with Crippen LogP contribution < -0.4 is 26.4 Å². The topological polar surface area (TPSA) is 169 Å². The molecule has 0 aliphatic carbocycles. The molecule has 3 amide bonds. The fraction of sp³-hybridized carbons (Fsp3) is 0.308. The molecular weight excluding hydrogens is 502 g/mol. The maximum Gasteiger partial charge on any atom is 0.254 e. The maximum absolute atomic E-state index is 12.1. The van der Waals surface area contributed by atoms with Crippen LogP contribution in [0.2, 0.25) is 0 Å². The molecule has 1 aliphatic rings. The molecule has 1 aromatic carbocycles. The minimum Gasteiger partial charge on any atom is -0.495 e. The van der Waals surface area contributed by atoms with Crippen molar-refractivity contribution in [3.63, 3.8) is 0 Å². The van der Waals surface area contributed by atoms with Crippen LogP contribution in [0.15, 0.2) is 43.4 Å². The SMILES string of the molecule is C=CC(=O)N1CCCC(n2cc(Nc3ncc(C(N)=O)c(Nc4c(C)cc(C(=O)NC)cc4OC)n3)cn2)C1. The predicted molar refractivity (Wildman–Crippen MR) is 146 cm³/mol. The van der Waals surface area contributed by atoms with E-state index in [0.29, 0.717) is 41.3 Å². The zero-order valence-corrected chi connectivity index (χ0v) is 22.0. The van der Waals surface area contributed by atoms with E-state index in [1.807, 2.05) is 10.9 Å². The Morgan fingerprint density at radius 3 is 2.72 bits per heavy atom. The van der Waals surface area contributed by atoms with Crippen LogP contribution in [0.4, 0.5) is 23.1 Å². The summed E-state index contributed by atoms with van der Waals surface area (Å²) >= 11 is 0. The van der Waals surface area contributed by atoms with Gasteiger partial charge in [0.25, 0.3) is 11.8 Å². The molecule has 1 atom stereocenters. The lowest BCUT2D eigenvalue weighted by atomic mass is 10.1. The van der Waals surface area contributed by atoms with Crippen molar-refractivity contribution in [3.8, 4) is 5.75 Å². The van der Waals surface area contributed by atoms with E-state index >= 15 is 0 Å². The molecule has 1 unspecified atom stereocenters. The normalized spacial score (nSPS) is 14.8. The summed E-state index contributed by atoms with van der Waals surface area (Å²) < 4.78 is 7.30. The summed E-state index contributed by atoms with van der Waals surface area (Å²) in [6, 6.07) is 3.31. The van der Waals surface area contributed by atoms with Crippen molar-refractivity contribution in [2.24, 2.45) is 5.73 Å². The van der Waals surface area contributed by atoms with Crippen molar-refractivity contribution in [1.82, 2.24) is 30.0 Å². The molecule has 1 aliphatic heterocycles. The minimum absolute atomic E-state index is 0.0294. The Morgan fingerprint density at radius 1 is 1.23 bits per heavy atom. The fourth-order valence-electron chi connectivity index (χ4n) is 4.42. The third-order valence-electron chi connectivity index (χ3n) is 6.42. The van der Waals surface area contributed by atoms with Crippen LogP contribution in [0.5, 0.6) is 5.75 Å². The number of primary amides is 1. The summed E-state index contributed by atoms with van der Waals surface area (Å²) in [6.45, 7) is 6.61. The largest absolute Gasteiger partial charge is 0.495 e. The van der Waals surface area contributed by atoms with Gasteiger partial charge in [0, 0.05) is 38.1 Å². The van der Waals surface area contributed by atoms with Crippen LogP contribution in [0.3, 0.4) is 0 Å². The van der Waals surface area contributed by atoms with Crippen molar-refractivity contribution >= 4 is 40.9 Å². The Balaban J connectivity index is 1.58. The third kappa shape index (κ3) is 5.98. The summed E-state index contributed by atoms with van der Waals surface area (Å²) in [4.78, 5) is 46.7. The number of hydrogen-bond acceptors (Lipinski definition) is 9. The predicted octanol–water partition coefficient (Wildman–Crippen LogP) is 2.29. The third-order valence-corrected chi connectivity index (χ3v) is 6.42. The smallest absolute Gasteiger partial charge is 0.254 e. The number of aryl methyl sites for hydroxylation is 1. The first kappa shape index (κ1) is 27.1. The number of benzene rings is 1. The van der Waals surface area contributed by atoms with Gasteiger partial charge in [-0.3, -0.25) is 19.1 Å². The maximum atomic E-state index is 12.1. The molecule has 13 nitrogen and oxygen atoms in total. The number of anilines is 4. The number of carbonyl (C=O) groups excluding carboxylic acids is 3. The van der Waals surface area contributed by atoms with E-state index in [1.54, 1.807) is 37.2 Å². The van der Waals surface area contributed by atoms with Crippen LogP contribution in [-0.2, 0) is 4.79 Å². The lowest BCUT2D eigenvalue weighted by Gasteiger charge is -2.32. The van der Waals surface area contributed by atoms with Crippen LogP contribution in [-0.4, -0.2) is 69.6 Å². The minimum atomic E-state index is -0.716. The van der Waals surface area contributed by atoms with Crippen molar-refractivity contribution in [2.45, 2.75) is 25.8 Å². The molecule has 204 valence electrons. The number of nitrogens with one attached hydrogen (secondary N) is 3. The van der Waals surface area contributed by atoms with Gasteiger partial charge in [0.05, 0.1) is 30.7 Å². The molecule has 13 heteroatoms. The summed E-state index contributed by atoms with van der Waals surface area (Å²) in [7, 11) is 3.02. The fourth-order valence-corrected chi connectivity index (χ4v) is 4.42. The molecular formula is C26H31N9O4. The Kier molecular flexibility index (Phi) is 8.08. The van der Waals surface area contributed by atoms with Crippen molar-refractivity contribution < 1.29 is 19.1 Å². The first-order chi connectivity index (χ1) is 18.7. The summed E-state index contributed by atoms with van der Waals surface area (Å²) in [5.74, 6) is -0.326. The number of hydrogen-bond donors (Lipinski definition) is 4. The first-order valence-electron chi connectivity index (χ1n) is 12.3. The molecule has 0 saturated carbocycles. The molecule has 39 heavy (non-hydrogen) atoms. The molecule has 0 spiro atoms. The van der Waals surface area contributed by atoms with Gasteiger partial charge in [-0.1, -0.05) is 6.58 Å². The summed E-state index contributed by atoms with van der Waals surface area (Å²) in [5.41, 5.74) is 7.90. The number of piperidine rings is 1. The van der Waals surface area contributed by atoms with Gasteiger partial charge in [-0.05, 0) is 43.5 Å². The van der Waals surface area contributed by atoms with Gasteiger partial charge in [-0.2, -0.15) is 10.1 Å². The second-order valence-electron chi connectivity index (χ2n) is 9.01. The average molecular weight is 534 g/mol. The van der Waals surface area contributed by atoms with Gasteiger partial charge >= 0.3 is 0 Å². The zero-order valence-electron chi connectivity index (χ0n) is 22.0. The second kappa shape index (κ2) is 11.6. The van der Waals surface area contributed by atoms with E-state index in [0.717, 1.165) is 12.8 Å². The monoisotopic (exact) mass is 533 g/mol. The van der Waals surface area contributed by atoms with E-state index in [-0.39, 0.29) is 35.2 Å². The Morgan fingerprint density at radius 2 is 2.03 bits per heavy atom. The van der Waals surface area contributed by atoms with Crippen LogP contribution in [0, 0.1) is 6.92 Å². The van der Waals surface area contributed by atoms with Crippen LogP contribution in [0.25, 0.3) is 0 Å². The van der Waals surface area contributed by atoms with Crippen LogP contribution >= 0.6 is 0 Å². The molecule has 5 N–H and O–H groups in total. The molecule has 3 aromatic rings. The van der Waals surface area contributed by atoms with E-state index < -0.39 is 5.91 Å². The Bertz CT molecular complexity index is 1420. The van der Waals surface area contributed by atoms with Gasteiger partial charge < -0.3 is 31.3 Å². The van der Waals surface area contributed by atoms with Crippen molar-refractivity contribution in [3.05, 3.63) is 60.1 Å². The molecule has 2 aromatic heterocycles. The van der Waals surface area contributed by atoms with Crippen molar-refractivity contribution in [2.75, 3.05) is 37.9 Å². The standard InChI is InChI=1S/C26H31N9O4/c1-5-21(36)34-8-6-7-18(14-34)35-13-17(11-30-35)31-26-29-12-19(23(27)37)24(33-26)32-22-15(2)9-16(25(38)28-3)10-20(22)39-4/h5,9-13,18H,1,6-8,14H2,2-4H3,(H2,27,37)(H,28,38)(H2,29,31,32,33). The zero-order chi connectivity index (χ0) is 28.1. The number of nitrogens with zero attached hydrogens (tertiary/aromatic N) is 5. The summed E-state index contributed by atoms with van der Waals surface area (Å²) in [6.07, 6.45) is 7.86. The number of amides is 3. The molecule has 3 heterocycles. The molecule has 4 rings (SSSR count). The van der Waals surface area contributed by atoms with Gasteiger partial charge in [0.2, 0.25) is 11.9 Å². The quantitative estimate of drug-likeness (QED) is 0.301. The number of carbonyl (C=O) groups is 3. The van der Waals surface area contributed by atoms with E-state index in [2.05, 4.69) is 37.6 Å². The van der Waals surface area contributed by atoms with Gasteiger partial charge in [0.1, 0.15) is 17.1 Å². The highest BCUT2D eigenvalue weighted by atomic mass is 16.5. The van der Waals surface area contributed by atoms with E-state index in [4.69, 9.17) is 10.5 Å². The van der Waals surface area contributed by atoms with Gasteiger partial charge in [-0.15, -0.1) is 0 Å². The van der Waals surface area contributed by atoms with Crippen molar-refractivity contribution in [1.29, 1.82) is 0 Å². The highest BCUT2D eigenvalue weighted by molar-refractivity contribution is 5.99. The Hall–Kier alpha value is -4.94. The number of methoxy groups -OCH3 is 1. The summed E-state index contributed by atoms with van der Waals surface area (Å²) in [5, 5.41) is 13.2. The second-order valence-corrected chi connectivity index (χ2v) is 9.01. The number of ether oxygens (including phenoxy) is 1. The van der Waals surface area contributed by atoms with Gasteiger partial charge in [-0.25, -0.2) is 4.98 Å². The number of rotatable bonds is 9. The lowest BCUT2D eigenvalue weighted by molar-refractivity contribution is -0.127. The van der Waals surface area contributed by atoms with E-state index in [1.165, 1.54) is 19.4 Å². The number of nitrogens with two attached hydrogens (primary N) is 1. The molecule has 0 radical (unpaired) electrons. The number of likely N-dealkylation sites (tertiary alicyclic amines) is 1. The lowest BCUT2D eigenvalue weighted by Crippen LogP contribution is -2.39. The van der Waals surface area contributed by atoms with Crippen LogP contribution in [0.1, 0.15) is 45.2 Å². The highest BCUT2D eigenvalue weighted by Crippen LogP contribution is 2.33. The molecule has 0 bridgehead atoms. The average Bonchev–Trinajstić information content (AvgIpc) is 3.41. The highest BCUT2D eigenvalue weighted by Gasteiger charge is 2.24.